The van der Waals surface area contributed by atoms with Crippen LogP contribution >= 0.6 is 11.3 Å². The number of carbonyl (C=O) groups excluding carboxylic acids is 2. The third-order valence-electron chi connectivity index (χ3n) is 3.12. The maximum Gasteiger partial charge on any atom is 0.245 e. The molecule has 1 heterocycles. The summed E-state index contributed by atoms with van der Waals surface area (Å²) < 4.78 is 0. The van der Waals surface area contributed by atoms with Gasteiger partial charge in [0.15, 0.2) is 11.7 Å². The van der Waals surface area contributed by atoms with E-state index in [1.165, 1.54) is 11.3 Å². The van der Waals surface area contributed by atoms with Crippen LogP contribution in [0, 0.1) is 24.2 Å². The first-order valence-electron chi connectivity index (χ1n) is 7.19. The van der Waals surface area contributed by atoms with Crippen LogP contribution in [0.3, 0.4) is 0 Å². The van der Waals surface area contributed by atoms with Crippen molar-refractivity contribution in [3.63, 3.8) is 0 Å². The molecule has 0 aliphatic heterocycles. The standard InChI is InChI=1S/C17H17N3O2S/c1-10(2)19-16(22)14(8-18)15(21)12-4-6-13(7-5-12)17-20-11(3)9-23-17/h4-7,9-10,14H,1-3H3,(H,19,22)/t14-/m0/s1. The number of aromatic nitrogens is 1. The fourth-order valence-electron chi connectivity index (χ4n) is 2.03. The van der Waals surface area contributed by atoms with Gasteiger partial charge in [-0.05, 0) is 20.8 Å². The third kappa shape index (κ3) is 4.02. The van der Waals surface area contributed by atoms with Crippen LogP contribution in [0.1, 0.15) is 29.9 Å². The van der Waals surface area contributed by atoms with Gasteiger partial charge in [0, 0.05) is 28.2 Å². The molecule has 0 aliphatic carbocycles. The van der Waals surface area contributed by atoms with Crippen molar-refractivity contribution >= 4 is 23.0 Å². The van der Waals surface area contributed by atoms with Crippen molar-refractivity contribution in [2.45, 2.75) is 26.8 Å². The number of carbonyl (C=O) groups is 2. The lowest BCUT2D eigenvalue weighted by Gasteiger charge is -2.12. The highest BCUT2D eigenvalue weighted by atomic mass is 32.1. The number of nitrogens with one attached hydrogen (secondary N) is 1. The molecule has 0 spiro atoms. The largest absolute Gasteiger partial charge is 0.352 e. The summed E-state index contributed by atoms with van der Waals surface area (Å²) in [7, 11) is 0. The number of thiazole rings is 1. The molecular formula is C17H17N3O2S. The third-order valence-corrected chi connectivity index (χ3v) is 4.13. The molecule has 1 N–H and O–H groups in total. The lowest BCUT2D eigenvalue weighted by atomic mass is 9.97. The normalized spacial score (nSPS) is 11.8. The molecular weight excluding hydrogens is 310 g/mol. The lowest BCUT2D eigenvalue weighted by molar-refractivity contribution is -0.122. The van der Waals surface area contributed by atoms with Gasteiger partial charge in [-0.3, -0.25) is 9.59 Å². The first-order chi connectivity index (χ1) is 10.9. The summed E-state index contributed by atoms with van der Waals surface area (Å²) in [4.78, 5) is 28.7. The molecule has 6 heteroatoms. The molecule has 118 valence electrons. The van der Waals surface area contributed by atoms with Gasteiger partial charge in [0.2, 0.25) is 5.91 Å². The Morgan fingerprint density at radius 2 is 1.91 bits per heavy atom. The van der Waals surface area contributed by atoms with Gasteiger partial charge >= 0.3 is 0 Å². The Kier molecular flexibility index (Phi) is 5.24. The van der Waals surface area contributed by atoms with E-state index in [1.54, 1.807) is 44.2 Å². The van der Waals surface area contributed by atoms with Crippen molar-refractivity contribution in [3.8, 4) is 16.6 Å². The Hall–Kier alpha value is -2.52. The number of ketones is 1. The molecule has 1 atom stereocenters. The zero-order valence-corrected chi connectivity index (χ0v) is 14.0. The molecule has 0 unspecified atom stereocenters. The molecule has 2 aromatic rings. The molecule has 0 saturated carbocycles. The minimum atomic E-state index is -1.33. The van der Waals surface area contributed by atoms with Crippen molar-refractivity contribution in [1.29, 1.82) is 5.26 Å². The van der Waals surface area contributed by atoms with Crippen LogP contribution in [-0.2, 0) is 4.79 Å². The van der Waals surface area contributed by atoms with E-state index < -0.39 is 17.6 Å². The minimum Gasteiger partial charge on any atom is -0.352 e. The number of nitrogens with zero attached hydrogens (tertiary/aromatic N) is 2. The Morgan fingerprint density at radius 3 is 2.39 bits per heavy atom. The molecule has 0 bridgehead atoms. The number of Topliss-reactive ketones (excluding diaryl/α,β-unsaturated/α-hetero) is 1. The zero-order chi connectivity index (χ0) is 17.0. The number of aryl methyl sites for hydroxylation is 1. The molecule has 0 aliphatic rings. The SMILES string of the molecule is Cc1csc(-c2ccc(C(=O)[C@H](C#N)C(=O)NC(C)C)cc2)n1. The van der Waals surface area contributed by atoms with Gasteiger partial charge in [0.1, 0.15) is 5.01 Å². The maximum absolute atomic E-state index is 12.4. The molecule has 0 fully saturated rings. The summed E-state index contributed by atoms with van der Waals surface area (Å²) >= 11 is 1.53. The number of hydrogen-bond acceptors (Lipinski definition) is 5. The summed E-state index contributed by atoms with van der Waals surface area (Å²) in [5, 5.41) is 14.6. The average Bonchev–Trinajstić information content (AvgIpc) is 2.94. The minimum absolute atomic E-state index is 0.123. The van der Waals surface area contributed by atoms with Gasteiger partial charge in [-0.2, -0.15) is 5.26 Å². The average molecular weight is 327 g/mol. The summed E-state index contributed by atoms with van der Waals surface area (Å²) in [6, 6.07) is 8.47. The molecule has 23 heavy (non-hydrogen) atoms. The van der Waals surface area contributed by atoms with Crippen LogP contribution in [0.2, 0.25) is 0 Å². The Bertz CT molecular complexity index is 757. The van der Waals surface area contributed by atoms with Gasteiger partial charge in [0.05, 0.1) is 6.07 Å². The smallest absolute Gasteiger partial charge is 0.245 e. The molecule has 5 nitrogen and oxygen atoms in total. The van der Waals surface area contributed by atoms with Gasteiger partial charge in [-0.25, -0.2) is 4.98 Å². The van der Waals surface area contributed by atoms with Gasteiger partial charge < -0.3 is 5.32 Å². The fourth-order valence-corrected chi connectivity index (χ4v) is 2.84. The quantitative estimate of drug-likeness (QED) is 0.676. The highest BCUT2D eigenvalue weighted by Crippen LogP contribution is 2.24. The predicted octanol–water partition coefficient (Wildman–Crippen LogP) is 2.97. The molecule has 1 aromatic carbocycles. The van der Waals surface area contributed by atoms with Crippen molar-refractivity contribution in [1.82, 2.24) is 10.3 Å². The number of benzene rings is 1. The second-order valence-electron chi connectivity index (χ2n) is 5.46. The van der Waals surface area contributed by atoms with Crippen LogP contribution in [0.25, 0.3) is 10.6 Å². The van der Waals surface area contributed by atoms with Crippen LogP contribution in [0.5, 0.6) is 0 Å². The Morgan fingerprint density at radius 1 is 1.26 bits per heavy atom. The lowest BCUT2D eigenvalue weighted by Crippen LogP contribution is -2.38. The van der Waals surface area contributed by atoms with E-state index in [0.29, 0.717) is 5.56 Å². The van der Waals surface area contributed by atoms with E-state index in [9.17, 15) is 9.59 Å². The second kappa shape index (κ2) is 7.16. The molecule has 1 aromatic heterocycles. The highest BCUT2D eigenvalue weighted by molar-refractivity contribution is 7.13. The van der Waals surface area contributed by atoms with Crippen molar-refractivity contribution in [2.24, 2.45) is 5.92 Å². The first-order valence-corrected chi connectivity index (χ1v) is 8.07. The van der Waals surface area contributed by atoms with Crippen LogP contribution in [-0.4, -0.2) is 22.7 Å². The molecule has 0 radical (unpaired) electrons. The van der Waals surface area contributed by atoms with Crippen LogP contribution in [0.4, 0.5) is 0 Å². The maximum atomic E-state index is 12.4. The van der Waals surface area contributed by atoms with E-state index in [1.807, 2.05) is 12.3 Å². The van der Waals surface area contributed by atoms with Crippen molar-refractivity contribution in [3.05, 3.63) is 40.9 Å². The second-order valence-corrected chi connectivity index (χ2v) is 6.32. The first kappa shape index (κ1) is 16.8. The highest BCUT2D eigenvalue weighted by Gasteiger charge is 2.27. The van der Waals surface area contributed by atoms with Crippen LogP contribution < -0.4 is 5.32 Å². The Labute approximate surface area is 139 Å². The van der Waals surface area contributed by atoms with Gasteiger partial charge in [-0.1, -0.05) is 24.3 Å². The predicted molar refractivity (Wildman–Crippen MR) is 89.0 cm³/mol. The summed E-state index contributed by atoms with van der Waals surface area (Å²) in [6.07, 6.45) is 0. The van der Waals surface area contributed by atoms with E-state index in [4.69, 9.17) is 5.26 Å². The number of hydrogen-bond donors (Lipinski definition) is 1. The zero-order valence-electron chi connectivity index (χ0n) is 13.2. The van der Waals surface area contributed by atoms with Crippen molar-refractivity contribution in [2.75, 3.05) is 0 Å². The Balaban J connectivity index is 2.19. The fraction of sp³-hybridized carbons (Fsp3) is 0.294. The molecule has 1 amide bonds. The van der Waals surface area contributed by atoms with Crippen molar-refractivity contribution < 1.29 is 9.59 Å². The molecule has 0 saturated heterocycles. The van der Waals surface area contributed by atoms with E-state index in [2.05, 4.69) is 10.3 Å². The number of amides is 1. The summed E-state index contributed by atoms with van der Waals surface area (Å²) in [6.45, 7) is 5.48. The van der Waals surface area contributed by atoms with E-state index in [0.717, 1.165) is 16.3 Å². The van der Waals surface area contributed by atoms with E-state index in [-0.39, 0.29) is 6.04 Å². The van der Waals surface area contributed by atoms with Gasteiger partial charge in [0.25, 0.3) is 0 Å². The number of rotatable bonds is 5. The van der Waals surface area contributed by atoms with E-state index >= 15 is 0 Å². The monoisotopic (exact) mass is 327 g/mol. The van der Waals surface area contributed by atoms with Gasteiger partial charge in [-0.15, -0.1) is 11.3 Å². The number of nitriles is 1. The summed E-state index contributed by atoms with van der Waals surface area (Å²) in [5.41, 5.74) is 2.19. The topological polar surface area (TPSA) is 82.8 Å². The molecule has 2 rings (SSSR count). The van der Waals surface area contributed by atoms with Crippen LogP contribution in [0.15, 0.2) is 29.6 Å². The summed E-state index contributed by atoms with van der Waals surface area (Å²) in [5.74, 6) is -2.38.